The maximum atomic E-state index is 13.7. The Hall–Kier alpha value is -1.67. The number of aliphatic hydroxyl groups excluding tert-OH is 1. The summed E-state index contributed by atoms with van der Waals surface area (Å²) in [4.78, 5) is 1.49. The predicted molar refractivity (Wildman–Crippen MR) is 58.5 cm³/mol. The van der Waals surface area contributed by atoms with E-state index in [9.17, 15) is 13.9 Å². The van der Waals surface area contributed by atoms with Crippen molar-refractivity contribution < 1.29 is 13.9 Å². The summed E-state index contributed by atoms with van der Waals surface area (Å²) in [6, 6.07) is 3.73. The van der Waals surface area contributed by atoms with Gasteiger partial charge < -0.3 is 10.0 Å². The molecule has 5 heteroatoms. The quantitative estimate of drug-likeness (QED) is 0.811. The van der Waals surface area contributed by atoms with Crippen LogP contribution in [0, 0.1) is 23.0 Å². The highest BCUT2D eigenvalue weighted by atomic mass is 19.1. The number of β-amino-alcohol motifs (C(OH)–C–C–N with tert-alkyl or cyclic N) is 1. The minimum Gasteiger partial charge on any atom is -0.391 e. The van der Waals surface area contributed by atoms with E-state index in [1.165, 1.54) is 4.90 Å². The molecule has 3 nitrogen and oxygen atoms in total. The first-order chi connectivity index (χ1) is 8.11. The van der Waals surface area contributed by atoms with Crippen molar-refractivity contribution in [2.75, 3.05) is 18.0 Å². The van der Waals surface area contributed by atoms with Crippen LogP contribution in [0.15, 0.2) is 12.1 Å². The average Bonchev–Trinajstić information content (AvgIpc) is 2.28. The number of halogens is 2. The molecule has 1 N–H and O–H groups in total. The predicted octanol–water partition coefficient (Wildman–Crippen LogP) is 1.80. The number of nitrogens with zero attached hydrogens (tertiary/aromatic N) is 2. The molecule has 90 valence electrons. The largest absolute Gasteiger partial charge is 0.391 e. The lowest BCUT2D eigenvalue weighted by Crippen LogP contribution is -2.39. The summed E-state index contributed by atoms with van der Waals surface area (Å²) in [7, 11) is 0. The van der Waals surface area contributed by atoms with Crippen molar-refractivity contribution in [3.63, 3.8) is 0 Å². The number of anilines is 1. The zero-order valence-electron chi connectivity index (χ0n) is 9.16. The summed E-state index contributed by atoms with van der Waals surface area (Å²) in [6.07, 6.45) is 0.786. The molecule has 0 radical (unpaired) electrons. The van der Waals surface area contributed by atoms with Gasteiger partial charge in [0.15, 0.2) is 11.6 Å². The smallest absolute Gasteiger partial charge is 0.150 e. The number of nitriles is 1. The normalized spacial score (nSPS) is 20.1. The monoisotopic (exact) mass is 238 g/mol. The SMILES string of the molecule is N#Cc1cc(F)c(N2CCCC(O)C2)c(F)c1. The summed E-state index contributed by atoms with van der Waals surface area (Å²) in [6.45, 7) is 0.733. The van der Waals surface area contributed by atoms with Crippen LogP contribution >= 0.6 is 0 Å². The molecule has 1 aliphatic heterocycles. The average molecular weight is 238 g/mol. The molecule has 1 aromatic rings. The minimum absolute atomic E-state index is 0.0405. The second-order valence-corrected chi connectivity index (χ2v) is 4.14. The molecule has 0 amide bonds. The lowest BCUT2D eigenvalue weighted by Gasteiger charge is -2.32. The van der Waals surface area contributed by atoms with Crippen LogP contribution in [-0.2, 0) is 0 Å². The van der Waals surface area contributed by atoms with Crippen molar-refractivity contribution in [2.24, 2.45) is 0 Å². The van der Waals surface area contributed by atoms with E-state index in [4.69, 9.17) is 5.26 Å². The van der Waals surface area contributed by atoms with E-state index in [0.717, 1.165) is 12.1 Å². The second-order valence-electron chi connectivity index (χ2n) is 4.14. The first-order valence-corrected chi connectivity index (χ1v) is 5.44. The zero-order valence-corrected chi connectivity index (χ0v) is 9.16. The first kappa shape index (κ1) is 11.8. The number of hydrogen-bond acceptors (Lipinski definition) is 3. The highest BCUT2D eigenvalue weighted by Gasteiger charge is 2.23. The van der Waals surface area contributed by atoms with E-state index in [2.05, 4.69) is 0 Å². The van der Waals surface area contributed by atoms with Crippen molar-refractivity contribution in [3.05, 3.63) is 29.3 Å². The molecular formula is C12H12F2N2O. The van der Waals surface area contributed by atoms with Crippen LogP contribution in [0.2, 0.25) is 0 Å². The molecule has 2 rings (SSSR count). The van der Waals surface area contributed by atoms with Crippen LogP contribution in [0.25, 0.3) is 0 Å². The van der Waals surface area contributed by atoms with Crippen LogP contribution < -0.4 is 4.90 Å². The fourth-order valence-corrected chi connectivity index (χ4v) is 2.09. The maximum absolute atomic E-state index is 13.7. The molecule has 1 fully saturated rings. The number of aliphatic hydroxyl groups is 1. The summed E-state index contributed by atoms with van der Waals surface area (Å²) in [5.41, 5.74) is -0.191. The number of benzene rings is 1. The first-order valence-electron chi connectivity index (χ1n) is 5.44. The van der Waals surface area contributed by atoms with E-state index in [1.807, 2.05) is 0 Å². The molecule has 1 aliphatic rings. The van der Waals surface area contributed by atoms with Crippen LogP contribution in [0.5, 0.6) is 0 Å². The molecular weight excluding hydrogens is 226 g/mol. The lowest BCUT2D eigenvalue weighted by atomic mass is 10.1. The second kappa shape index (κ2) is 4.68. The Bertz CT molecular complexity index is 447. The summed E-state index contributed by atoms with van der Waals surface area (Å²) >= 11 is 0. The minimum atomic E-state index is -0.754. The summed E-state index contributed by atoms with van der Waals surface area (Å²) in [5, 5.41) is 18.1. The van der Waals surface area contributed by atoms with E-state index >= 15 is 0 Å². The Labute approximate surface area is 97.9 Å². The topological polar surface area (TPSA) is 47.3 Å². The molecule has 0 aliphatic carbocycles. The van der Waals surface area contributed by atoms with Gasteiger partial charge in [-0.3, -0.25) is 0 Å². The molecule has 1 unspecified atom stereocenters. The van der Waals surface area contributed by atoms with E-state index in [1.54, 1.807) is 6.07 Å². The maximum Gasteiger partial charge on any atom is 0.150 e. The Balaban J connectivity index is 2.35. The summed E-state index contributed by atoms with van der Waals surface area (Å²) in [5.74, 6) is -1.51. The third-order valence-corrected chi connectivity index (χ3v) is 2.86. The van der Waals surface area contributed by atoms with Crippen molar-refractivity contribution >= 4 is 5.69 Å². The molecule has 1 aromatic carbocycles. The molecule has 1 atom stereocenters. The Morgan fingerprint density at radius 1 is 1.35 bits per heavy atom. The standard InChI is InChI=1S/C12H12F2N2O/c13-10-4-8(6-15)5-11(14)12(10)16-3-1-2-9(17)7-16/h4-5,9,17H,1-3,7H2. The van der Waals surface area contributed by atoms with Gasteiger partial charge in [-0.15, -0.1) is 0 Å². The molecule has 0 saturated carbocycles. The molecule has 0 spiro atoms. The van der Waals surface area contributed by atoms with Crippen molar-refractivity contribution in [2.45, 2.75) is 18.9 Å². The molecule has 0 aromatic heterocycles. The van der Waals surface area contributed by atoms with Gasteiger partial charge in [-0.1, -0.05) is 0 Å². The van der Waals surface area contributed by atoms with Gasteiger partial charge >= 0.3 is 0 Å². The van der Waals surface area contributed by atoms with E-state index in [0.29, 0.717) is 19.4 Å². The molecule has 1 saturated heterocycles. The van der Waals surface area contributed by atoms with Crippen molar-refractivity contribution in [3.8, 4) is 6.07 Å². The third kappa shape index (κ3) is 2.37. The van der Waals surface area contributed by atoms with Gasteiger partial charge in [0.25, 0.3) is 0 Å². The van der Waals surface area contributed by atoms with Crippen molar-refractivity contribution in [1.29, 1.82) is 5.26 Å². The van der Waals surface area contributed by atoms with Crippen molar-refractivity contribution in [1.82, 2.24) is 0 Å². The van der Waals surface area contributed by atoms with E-state index in [-0.39, 0.29) is 17.8 Å². The number of rotatable bonds is 1. The highest BCUT2D eigenvalue weighted by molar-refractivity contribution is 5.53. The van der Waals surface area contributed by atoms with Crippen LogP contribution in [0.4, 0.5) is 14.5 Å². The van der Waals surface area contributed by atoms with Crippen LogP contribution in [0.1, 0.15) is 18.4 Å². The van der Waals surface area contributed by atoms with Crippen LogP contribution in [-0.4, -0.2) is 24.3 Å². The van der Waals surface area contributed by atoms with Gasteiger partial charge in [0, 0.05) is 13.1 Å². The molecule has 1 heterocycles. The Kier molecular flexibility index (Phi) is 3.25. The Morgan fingerprint density at radius 3 is 2.53 bits per heavy atom. The number of hydrogen-bond donors (Lipinski definition) is 1. The van der Waals surface area contributed by atoms with Gasteiger partial charge in [0.1, 0.15) is 5.69 Å². The third-order valence-electron chi connectivity index (χ3n) is 2.86. The molecule has 17 heavy (non-hydrogen) atoms. The van der Waals surface area contributed by atoms with Gasteiger partial charge in [0.2, 0.25) is 0 Å². The fourth-order valence-electron chi connectivity index (χ4n) is 2.09. The van der Waals surface area contributed by atoms with E-state index < -0.39 is 17.7 Å². The van der Waals surface area contributed by atoms with Gasteiger partial charge in [-0.2, -0.15) is 5.26 Å². The van der Waals surface area contributed by atoms with Gasteiger partial charge in [-0.25, -0.2) is 8.78 Å². The molecule has 0 bridgehead atoms. The van der Waals surface area contributed by atoms with Gasteiger partial charge in [-0.05, 0) is 25.0 Å². The van der Waals surface area contributed by atoms with Gasteiger partial charge in [0.05, 0.1) is 17.7 Å². The van der Waals surface area contributed by atoms with Crippen LogP contribution in [0.3, 0.4) is 0 Å². The Morgan fingerprint density at radius 2 is 2.00 bits per heavy atom. The zero-order chi connectivity index (χ0) is 12.4. The lowest BCUT2D eigenvalue weighted by molar-refractivity contribution is 0.153. The fraction of sp³-hybridized carbons (Fsp3) is 0.417. The highest BCUT2D eigenvalue weighted by Crippen LogP contribution is 2.27. The number of piperidine rings is 1. The summed E-state index contributed by atoms with van der Waals surface area (Å²) < 4.78 is 27.4.